The van der Waals surface area contributed by atoms with Crippen LogP contribution in [0.15, 0.2) is 33.3 Å². The number of aryl methyl sites for hydroxylation is 2. The van der Waals surface area contributed by atoms with Crippen molar-refractivity contribution in [1.82, 2.24) is 10.6 Å². The minimum absolute atomic E-state index is 0.184. The second kappa shape index (κ2) is 6.10. The normalized spacial score (nSPS) is 10.3. The molecule has 0 aromatic carbocycles. The van der Waals surface area contributed by atoms with Gasteiger partial charge in [0, 0.05) is 12.1 Å². The Hall–Kier alpha value is -2.50. The fourth-order valence-corrected chi connectivity index (χ4v) is 1.78. The molecule has 6 heteroatoms. The molecule has 0 aliphatic rings. The van der Waals surface area contributed by atoms with Gasteiger partial charge in [-0.15, -0.1) is 0 Å². The fraction of sp³-hybridized carbons (Fsp3) is 0.286. The average molecular weight is 276 g/mol. The number of carbonyl (C=O) groups excluding carboxylic acids is 2. The summed E-state index contributed by atoms with van der Waals surface area (Å²) in [5, 5.41) is 5.01. The molecule has 6 nitrogen and oxygen atoms in total. The molecule has 0 saturated heterocycles. The molecule has 0 spiro atoms. The van der Waals surface area contributed by atoms with Crippen LogP contribution in [0, 0.1) is 13.8 Å². The second-order valence-electron chi connectivity index (χ2n) is 4.38. The maximum absolute atomic E-state index is 11.6. The smallest absolute Gasteiger partial charge is 0.309 e. The molecule has 2 rings (SSSR count). The van der Waals surface area contributed by atoms with E-state index in [1.54, 1.807) is 12.1 Å². The lowest BCUT2D eigenvalue weighted by Crippen LogP contribution is -2.39. The summed E-state index contributed by atoms with van der Waals surface area (Å²) in [6, 6.07) is 5.26. The Labute approximate surface area is 116 Å². The van der Waals surface area contributed by atoms with Crippen LogP contribution in [0.1, 0.15) is 22.8 Å². The van der Waals surface area contributed by atoms with Crippen molar-refractivity contribution in [3.8, 4) is 0 Å². The molecule has 0 aliphatic carbocycles. The summed E-state index contributed by atoms with van der Waals surface area (Å²) in [5.41, 5.74) is 0.856. The molecule has 0 unspecified atom stereocenters. The molecule has 106 valence electrons. The van der Waals surface area contributed by atoms with Gasteiger partial charge < -0.3 is 19.5 Å². The third kappa shape index (κ3) is 3.50. The lowest BCUT2D eigenvalue weighted by Gasteiger charge is -2.04. The van der Waals surface area contributed by atoms with Gasteiger partial charge in [-0.3, -0.25) is 9.59 Å². The zero-order valence-electron chi connectivity index (χ0n) is 11.4. The van der Waals surface area contributed by atoms with E-state index in [4.69, 9.17) is 8.83 Å². The first-order chi connectivity index (χ1) is 9.56. The zero-order chi connectivity index (χ0) is 14.5. The van der Waals surface area contributed by atoms with Gasteiger partial charge in [0.05, 0.1) is 12.8 Å². The van der Waals surface area contributed by atoms with Crippen molar-refractivity contribution in [3.63, 3.8) is 0 Å². The molecule has 0 aliphatic heterocycles. The van der Waals surface area contributed by atoms with E-state index in [0.717, 1.165) is 17.1 Å². The predicted molar refractivity (Wildman–Crippen MR) is 70.6 cm³/mol. The van der Waals surface area contributed by atoms with Gasteiger partial charge in [0.15, 0.2) is 0 Å². The van der Waals surface area contributed by atoms with Crippen LogP contribution >= 0.6 is 0 Å². The highest BCUT2D eigenvalue weighted by Crippen LogP contribution is 2.12. The van der Waals surface area contributed by atoms with Crippen LogP contribution in [0.5, 0.6) is 0 Å². The lowest BCUT2D eigenvalue weighted by atomic mass is 10.2. The number of nitrogens with one attached hydrogen (secondary N) is 2. The number of amides is 2. The predicted octanol–water partition coefficient (Wildman–Crippen LogP) is 1.42. The van der Waals surface area contributed by atoms with Crippen LogP contribution in [-0.2, 0) is 22.7 Å². The van der Waals surface area contributed by atoms with E-state index >= 15 is 0 Å². The van der Waals surface area contributed by atoms with Gasteiger partial charge in [0.25, 0.3) is 0 Å². The van der Waals surface area contributed by atoms with Crippen molar-refractivity contribution in [2.45, 2.75) is 26.9 Å². The highest BCUT2D eigenvalue weighted by molar-refractivity contribution is 6.35. The van der Waals surface area contributed by atoms with Gasteiger partial charge in [-0.05, 0) is 32.0 Å². The van der Waals surface area contributed by atoms with Gasteiger partial charge >= 0.3 is 11.8 Å². The first kappa shape index (κ1) is 13.9. The van der Waals surface area contributed by atoms with Crippen molar-refractivity contribution in [1.29, 1.82) is 0 Å². The van der Waals surface area contributed by atoms with Crippen LogP contribution in [0.4, 0.5) is 0 Å². The maximum atomic E-state index is 11.6. The summed E-state index contributed by atoms with van der Waals surface area (Å²) in [7, 11) is 0. The third-order valence-electron chi connectivity index (χ3n) is 2.79. The lowest BCUT2D eigenvalue weighted by molar-refractivity contribution is -0.139. The summed E-state index contributed by atoms with van der Waals surface area (Å²) in [4.78, 5) is 23.2. The van der Waals surface area contributed by atoms with Gasteiger partial charge in [-0.25, -0.2) is 0 Å². The molecular formula is C14H16N2O4. The minimum atomic E-state index is -0.695. The molecule has 0 fully saturated rings. The molecule has 2 N–H and O–H groups in total. The summed E-state index contributed by atoms with van der Waals surface area (Å²) in [6.45, 7) is 4.08. The van der Waals surface area contributed by atoms with Crippen LogP contribution in [0.2, 0.25) is 0 Å². The molecule has 2 heterocycles. The van der Waals surface area contributed by atoms with Crippen LogP contribution in [-0.4, -0.2) is 11.8 Å². The molecule has 0 radical (unpaired) electrons. The van der Waals surface area contributed by atoms with E-state index in [-0.39, 0.29) is 13.1 Å². The number of hydrogen-bond donors (Lipinski definition) is 2. The molecule has 2 aromatic heterocycles. The van der Waals surface area contributed by atoms with Crippen LogP contribution < -0.4 is 10.6 Å². The van der Waals surface area contributed by atoms with E-state index in [9.17, 15) is 9.59 Å². The molecule has 20 heavy (non-hydrogen) atoms. The van der Waals surface area contributed by atoms with Gasteiger partial charge in [0.1, 0.15) is 17.3 Å². The van der Waals surface area contributed by atoms with Gasteiger partial charge in [-0.2, -0.15) is 0 Å². The Balaban J connectivity index is 1.79. The Morgan fingerprint density at radius 2 is 1.85 bits per heavy atom. The van der Waals surface area contributed by atoms with Crippen LogP contribution in [0.3, 0.4) is 0 Å². The van der Waals surface area contributed by atoms with E-state index < -0.39 is 11.8 Å². The molecule has 0 saturated carbocycles. The number of furan rings is 2. The quantitative estimate of drug-likeness (QED) is 0.827. The zero-order valence-corrected chi connectivity index (χ0v) is 11.4. The Morgan fingerprint density at radius 3 is 2.40 bits per heavy atom. The topological polar surface area (TPSA) is 84.5 Å². The first-order valence-electron chi connectivity index (χ1n) is 6.20. The maximum Gasteiger partial charge on any atom is 0.309 e. The number of hydrogen-bond acceptors (Lipinski definition) is 4. The number of rotatable bonds is 4. The SMILES string of the molecule is Cc1cc(CNC(=O)C(=O)NCc2ccco2)c(C)o1. The van der Waals surface area contributed by atoms with E-state index in [1.807, 2.05) is 19.9 Å². The highest BCUT2D eigenvalue weighted by Gasteiger charge is 2.14. The monoisotopic (exact) mass is 276 g/mol. The summed E-state index contributed by atoms with van der Waals surface area (Å²) >= 11 is 0. The second-order valence-corrected chi connectivity index (χ2v) is 4.38. The standard InChI is InChI=1S/C14H16N2O4/c1-9-6-11(10(2)20-9)7-15-13(17)14(18)16-8-12-4-3-5-19-12/h3-6H,7-8H2,1-2H3,(H,15,17)(H,16,18). The van der Waals surface area contributed by atoms with Crippen molar-refractivity contribution < 1.29 is 18.4 Å². The van der Waals surface area contributed by atoms with Crippen molar-refractivity contribution in [3.05, 3.63) is 47.3 Å². The molecule has 0 bridgehead atoms. The van der Waals surface area contributed by atoms with Gasteiger partial charge in [0.2, 0.25) is 0 Å². The summed E-state index contributed by atoms with van der Waals surface area (Å²) in [6.07, 6.45) is 1.51. The molecule has 2 amide bonds. The summed E-state index contributed by atoms with van der Waals surface area (Å²) in [5.74, 6) is 0.717. The van der Waals surface area contributed by atoms with Crippen molar-refractivity contribution in [2.75, 3.05) is 0 Å². The first-order valence-corrected chi connectivity index (χ1v) is 6.20. The van der Waals surface area contributed by atoms with Crippen molar-refractivity contribution >= 4 is 11.8 Å². The fourth-order valence-electron chi connectivity index (χ4n) is 1.78. The van der Waals surface area contributed by atoms with E-state index in [0.29, 0.717) is 5.76 Å². The molecular weight excluding hydrogens is 260 g/mol. The minimum Gasteiger partial charge on any atom is -0.467 e. The highest BCUT2D eigenvalue weighted by atomic mass is 16.3. The van der Waals surface area contributed by atoms with E-state index in [2.05, 4.69) is 10.6 Å². The average Bonchev–Trinajstić information content (AvgIpc) is 3.03. The largest absolute Gasteiger partial charge is 0.467 e. The van der Waals surface area contributed by atoms with Crippen LogP contribution in [0.25, 0.3) is 0 Å². The number of carbonyl (C=O) groups is 2. The summed E-state index contributed by atoms with van der Waals surface area (Å²) < 4.78 is 10.4. The molecule has 2 aromatic rings. The Morgan fingerprint density at radius 1 is 1.15 bits per heavy atom. The Kier molecular flexibility index (Phi) is 4.24. The third-order valence-corrected chi connectivity index (χ3v) is 2.79. The Bertz CT molecular complexity index is 599. The molecule has 0 atom stereocenters. The van der Waals surface area contributed by atoms with Crippen molar-refractivity contribution in [2.24, 2.45) is 0 Å². The van der Waals surface area contributed by atoms with Gasteiger partial charge in [-0.1, -0.05) is 0 Å². The van der Waals surface area contributed by atoms with E-state index in [1.165, 1.54) is 6.26 Å².